The molecule has 0 amide bonds. The molecule has 0 saturated heterocycles. The van der Waals surface area contributed by atoms with Crippen LogP contribution in [0.5, 0.6) is 0 Å². The van der Waals surface area contributed by atoms with E-state index >= 15 is 0 Å². The Morgan fingerprint density at radius 1 is 1.03 bits per heavy atom. The Hall–Kier alpha value is -3.21. The third kappa shape index (κ3) is 5.16. The van der Waals surface area contributed by atoms with Gasteiger partial charge in [-0.3, -0.25) is 4.79 Å². The van der Waals surface area contributed by atoms with Crippen molar-refractivity contribution in [1.29, 1.82) is 0 Å². The number of benzene rings is 2. The molecule has 168 valence electrons. The summed E-state index contributed by atoms with van der Waals surface area (Å²) in [6.45, 7) is 10.4. The molecule has 0 spiro atoms. The van der Waals surface area contributed by atoms with Gasteiger partial charge in [-0.15, -0.1) is 0 Å². The number of aryl methyl sites for hydroxylation is 3. The van der Waals surface area contributed by atoms with Crippen LogP contribution in [0.15, 0.2) is 59.0 Å². The van der Waals surface area contributed by atoms with Crippen molar-refractivity contribution in [3.8, 4) is 0 Å². The van der Waals surface area contributed by atoms with Crippen LogP contribution in [0.1, 0.15) is 71.6 Å². The maximum atomic E-state index is 13.4. The monoisotopic (exact) mass is 433 g/mol. The molecular weight excluding hydrogens is 402 g/mol. The molecular formula is C27H31NO4. The number of hydrogen-bond acceptors (Lipinski definition) is 5. The van der Waals surface area contributed by atoms with Gasteiger partial charge in [0.2, 0.25) is 0 Å². The van der Waals surface area contributed by atoms with E-state index in [0.717, 1.165) is 16.7 Å². The molecule has 2 aromatic rings. The highest BCUT2D eigenvalue weighted by atomic mass is 16.6. The van der Waals surface area contributed by atoms with Gasteiger partial charge in [-0.05, 0) is 68.9 Å². The first-order valence-electron chi connectivity index (χ1n) is 11.2. The first-order chi connectivity index (χ1) is 15.3. The van der Waals surface area contributed by atoms with Crippen molar-refractivity contribution in [1.82, 2.24) is 0 Å². The average molecular weight is 434 g/mol. The summed E-state index contributed by atoms with van der Waals surface area (Å²) in [6, 6.07) is 13.1. The number of allylic oxidation sites excluding steroid dienone is 2. The maximum Gasteiger partial charge on any atom is 0.343 e. The van der Waals surface area contributed by atoms with Crippen LogP contribution in [0, 0.1) is 20.8 Å². The fourth-order valence-corrected chi connectivity index (χ4v) is 4.51. The second-order valence-corrected chi connectivity index (χ2v) is 8.20. The molecule has 3 rings (SSSR count). The number of oxime groups is 1. The number of hydrogen-bond donors (Lipinski definition) is 0. The van der Waals surface area contributed by atoms with Gasteiger partial charge in [0.25, 0.3) is 0 Å². The smallest absolute Gasteiger partial charge is 0.343 e. The number of carbonyl (C=O) groups excluding carboxylic acids is 2. The SMILES string of the molecule is CCON=C(CC)C1=C(OC(=O)c2ccccc2)CC(c2c(C)cc(C)cc2C)CC1=O. The summed E-state index contributed by atoms with van der Waals surface area (Å²) in [5.74, 6) is -0.233. The van der Waals surface area contributed by atoms with Crippen LogP contribution in [0.3, 0.4) is 0 Å². The van der Waals surface area contributed by atoms with Crippen LogP contribution in [0.25, 0.3) is 0 Å². The van der Waals surface area contributed by atoms with Gasteiger partial charge in [0, 0.05) is 12.8 Å². The lowest BCUT2D eigenvalue weighted by molar-refractivity contribution is -0.116. The van der Waals surface area contributed by atoms with Crippen LogP contribution >= 0.6 is 0 Å². The maximum absolute atomic E-state index is 13.4. The van der Waals surface area contributed by atoms with Crippen LogP contribution < -0.4 is 0 Å². The van der Waals surface area contributed by atoms with Crippen molar-refractivity contribution < 1.29 is 19.2 Å². The molecule has 0 saturated carbocycles. The second-order valence-electron chi connectivity index (χ2n) is 8.20. The molecule has 0 radical (unpaired) electrons. The lowest BCUT2D eigenvalue weighted by Gasteiger charge is -2.28. The number of carbonyl (C=O) groups is 2. The van der Waals surface area contributed by atoms with E-state index in [9.17, 15) is 9.59 Å². The molecule has 0 heterocycles. The Labute approximate surface area is 190 Å². The van der Waals surface area contributed by atoms with Gasteiger partial charge in [0.1, 0.15) is 12.4 Å². The number of esters is 1. The van der Waals surface area contributed by atoms with E-state index in [1.807, 2.05) is 19.9 Å². The molecule has 1 aliphatic carbocycles. The lowest BCUT2D eigenvalue weighted by Crippen LogP contribution is -2.26. The van der Waals surface area contributed by atoms with Gasteiger partial charge in [0.05, 0.1) is 16.8 Å². The van der Waals surface area contributed by atoms with E-state index in [-0.39, 0.29) is 11.7 Å². The van der Waals surface area contributed by atoms with Crippen LogP contribution in [0.4, 0.5) is 0 Å². The van der Waals surface area contributed by atoms with E-state index in [4.69, 9.17) is 9.57 Å². The van der Waals surface area contributed by atoms with E-state index in [1.54, 1.807) is 24.3 Å². The highest BCUT2D eigenvalue weighted by Crippen LogP contribution is 2.39. The number of ketones is 1. The summed E-state index contributed by atoms with van der Waals surface area (Å²) in [5, 5.41) is 4.16. The van der Waals surface area contributed by atoms with Gasteiger partial charge >= 0.3 is 5.97 Å². The van der Waals surface area contributed by atoms with Gasteiger partial charge < -0.3 is 9.57 Å². The molecule has 2 aromatic carbocycles. The van der Waals surface area contributed by atoms with Gasteiger partial charge in [-0.1, -0.05) is 48.0 Å². The fourth-order valence-electron chi connectivity index (χ4n) is 4.51. The van der Waals surface area contributed by atoms with Crippen LogP contribution in [0.2, 0.25) is 0 Å². The molecule has 1 unspecified atom stereocenters. The standard InChI is InChI=1S/C27H31NO4/c1-6-22(28-31-7-2)26-23(29)15-21(25-18(4)13-17(3)14-19(25)5)16-24(26)32-27(30)20-11-9-8-10-12-20/h8-14,21H,6-7,15-16H2,1-5H3. The average Bonchev–Trinajstić information content (AvgIpc) is 2.75. The van der Waals surface area contributed by atoms with Gasteiger partial charge in [-0.2, -0.15) is 0 Å². The van der Waals surface area contributed by atoms with Crippen molar-refractivity contribution in [3.05, 3.63) is 81.6 Å². The van der Waals surface area contributed by atoms with E-state index < -0.39 is 5.97 Å². The minimum absolute atomic E-state index is 0.0596. The van der Waals surface area contributed by atoms with Crippen LogP contribution in [-0.2, 0) is 14.4 Å². The molecule has 0 aromatic heterocycles. The van der Waals surface area contributed by atoms with Crippen molar-refractivity contribution in [3.63, 3.8) is 0 Å². The Morgan fingerprint density at radius 2 is 1.69 bits per heavy atom. The molecule has 0 fully saturated rings. The number of nitrogens with zero attached hydrogens (tertiary/aromatic N) is 1. The minimum atomic E-state index is -0.476. The van der Waals surface area contributed by atoms with Crippen molar-refractivity contribution in [2.24, 2.45) is 5.16 Å². The molecule has 5 heteroatoms. The predicted octanol–water partition coefficient (Wildman–Crippen LogP) is 5.97. The number of ether oxygens (including phenoxy) is 1. The third-order valence-corrected chi connectivity index (χ3v) is 5.72. The Kier molecular flexibility index (Phi) is 7.62. The number of rotatable bonds is 7. The molecule has 0 N–H and O–H groups in total. The molecule has 1 atom stereocenters. The molecule has 0 bridgehead atoms. The normalized spacial score (nSPS) is 16.8. The summed E-state index contributed by atoms with van der Waals surface area (Å²) in [4.78, 5) is 31.5. The van der Waals surface area contributed by atoms with Crippen molar-refractivity contribution in [2.75, 3.05) is 6.61 Å². The lowest BCUT2D eigenvalue weighted by atomic mass is 9.78. The largest absolute Gasteiger partial charge is 0.427 e. The topological polar surface area (TPSA) is 65.0 Å². The molecule has 0 aliphatic heterocycles. The first kappa shape index (κ1) is 23.5. The molecule has 1 aliphatic rings. The Balaban J connectivity index is 2.06. The molecule has 32 heavy (non-hydrogen) atoms. The van der Waals surface area contributed by atoms with E-state index in [2.05, 4.69) is 38.1 Å². The summed E-state index contributed by atoms with van der Waals surface area (Å²) in [5.41, 5.74) is 5.97. The highest BCUT2D eigenvalue weighted by molar-refractivity contribution is 6.23. The third-order valence-electron chi connectivity index (χ3n) is 5.72. The van der Waals surface area contributed by atoms with Gasteiger partial charge in [-0.25, -0.2) is 4.79 Å². The van der Waals surface area contributed by atoms with Crippen LogP contribution in [-0.4, -0.2) is 24.1 Å². The Bertz CT molecular complexity index is 1040. The zero-order valence-electron chi connectivity index (χ0n) is 19.5. The number of Topliss-reactive ketones (excluding diaryl/α,β-unsaturated/α-hetero) is 1. The zero-order valence-corrected chi connectivity index (χ0v) is 19.5. The van der Waals surface area contributed by atoms with Gasteiger partial charge in [0.15, 0.2) is 5.78 Å². The summed E-state index contributed by atoms with van der Waals surface area (Å²) in [7, 11) is 0. The summed E-state index contributed by atoms with van der Waals surface area (Å²) < 4.78 is 5.86. The van der Waals surface area contributed by atoms with Crippen molar-refractivity contribution in [2.45, 2.75) is 59.8 Å². The fraction of sp³-hybridized carbons (Fsp3) is 0.370. The summed E-state index contributed by atoms with van der Waals surface area (Å²) in [6.07, 6.45) is 1.30. The minimum Gasteiger partial charge on any atom is -0.427 e. The second kappa shape index (κ2) is 10.4. The summed E-state index contributed by atoms with van der Waals surface area (Å²) >= 11 is 0. The highest BCUT2D eigenvalue weighted by Gasteiger charge is 2.34. The Morgan fingerprint density at radius 3 is 2.28 bits per heavy atom. The quantitative estimate of drug-likeness (QED) is 0.306. The zero-order chi connectivity index (χ0) is 23.3. The van der Waals surface area contributed by atoms with E-state index in [1.165, 1.54) is 5.56 Å². The first-order valence-corrected chi connectivity index (χ1v) is 11.2. The van der Waals surface area contributed by atoms with Crippen molar-refractivity contribution >= 4 is 17.5 Å². The predicted molar refractivity (Wildman–Crippen MR) is 126 cm³/mol. The molecule has 5 nitrogen and oxygen atoms in total. The van der Waals surface area contributed by atoms with E-state index in [0.29, 0.717) is 48.5 Å².